The van der Waals surface area contributed by atoms with E-state index in [0.29, 0.717) is 11.5 Å². The molecule has 0 aromatic heterocycles. The molecule has 0 unspecified atom stereocenters. The summed E-state index contributed by atoms with van der Waals surface area (Å²) in [4.78, 5) is 14.5. The summed E-state index contributed by atoms with van der Waals surface area (Å²) in [6, 6.07) is 3.67. The van der Waals surface area contributed by atoms with Crippen molar-refractivity contribution < 1.29 is 13.6 Å². The molecule has 1 N–H and O–H groups in total. The normalized spacial score (nSPS) is 22.7. The van der Waals surface area contributed by atoms with Gasteiger partial charge in [-0.25, -0.2) is 8.78 Å². The first kappa shape index (κ1) is 13.9. The number of nitrogens with one attached hydrogen (secondary N) is 1. The molecule has 2 atom stereocenters. The van der Waals surface area contributed by atoms with Crippen molar-refractivity contribution in [3.05, 3.63) is 29.8 Å². The zero-order valence-corrected chi connectivity index (χ0v) is 11.4. The van der Waals surface area contributed by atoms with Crippen molar-refractivity contribution in [3.63, 3.8) is 0 Å². The van der Waals surface area contributed by atoms with Crippen molar-refractivity contribution in [2.45, 2.75) is 6.92 Å². The van der Waals surface area contributed by atoms with E-state index in [1.54, 1.807) is 0 Å². The number of hydrogen-bond donors (Lipinski definition) is 1. The number of rotatable bonds is 2. The molecule has 1 aliphatic rings. The van der Waals surface area contributed by atoms with Crippen molar-refractivity contribution in [2.24, 2.45) is 11.8 Å². The van der Waals surface area contributed by atoms with Gasteiger partial charge < -0.3 is 10.2 Å². The van der Waals surface area contributed by atoms with Gasteiger partial charge in [-0.1, -0.05) is 25.2 Å². The van der Waals surface area contributed by atoms with Gasteiger partial charge in [0, 0.05) is 13.6 Å². The Hall–Kier alpha value is -1.56. The fourth-order valence-electron chi connectivity index (χ4n) is 2.29. The van der Waals surface area contributed by atoms with E-state index in [1.165, 1.54) is 12.1 Å². The Balaban J connectivity index is 2.18. The number of likely N-dealkylation sites (tertiary alicyclic amines) is 1. The lowest BCUT2D eigenvalue weighted by Gasteiger charge is -2.15. The SMILES string of the molecule is C[C@H]1CN(C)C(=S)[C@@H]1C(=O)Nc1cccc(F)c1F. The van der Waals surface area contributed by atoms with Gasteiger partial charge in [-0.05, 0) is 18.1 Å². The van der Waals surface area contributed by atoms with Gasteiger partial charge in [0.2, 0.25) is 5.91 Å². The van der Waals surface area contributed by atoms with Crippen LogP contribution in [0.5, 0.6) is 0 Å². The molecule has 1 fully saturated rings. The van der Waals surface area contributed by atoms with Crippen molar-refractivity contribution >= 4 is 28.8 Å². The summed E-state index contributed by atoms with van der Waals surface area (Å²) in [5, 5.41) is 2.41. The Morgan fingerprint density at radius 1 is 1.47 bits per heavy atom. The Kier molecular flexibility index (Phi) is 3.80. The molecule has 1 aliphatic heterocycles. The first-order valence-electron chi connectivity index (χ1n) is 5.91. The summed E-state index contributed by atoms with van der Waals surface area (Å²) < 4.78 is 26.5. The number of hydrogen-bond acceptors (Lipinski definition) is 2. The highest BCUT2D eigenvalue weighted by molar-refractivity contribution is 7.80. The van der Waals surface area contributed by atoms with Gasteiger partial charge in [0.25, 0.3) is 0 Å². The minimum Gasteiger partial charge on any atom is -0.368 e. The topological polar surface area (TPSA) is 32.3 Å². The fourth-order valence-corrected chi connectivity index (χ4v) is 2.70. The van der Waals surface area contributed by atoms with E-state index in [4.69, 9.17) is 12.2 Å². The Morgan fingerprint density at radius 2 is 2.16 bits per heavy atom. The van der Waals surface area contributed by atoms with Gasteiger partial charge in [0.05, 0.1) is 16.6 Å². The quantitative estimate of drug-likeness (QED) is 0.847. The third-order valence-electron chi connectivity index (χ3n) is 3.27. The van der Waals surface area contributed by atoms with E-state index in [0.717, 1.165) is 6.07 Å². The van der Waals surface area contributed by atoms with Crippen LogP contribution in [0, 0.1) is 23.5 Å². The average Bonchev–Trinajstić information content (AvgIpc) is 2.59. The van der Waals surface area contributed by atoms with E-state index in [-0.39, 0.29) is 11.6 Å². The van der Waals surface area contributed by atoms with Gasteiger partial charge >= 0.3 is 0 Å². The minimum absolute atomic E-state index is 0.0501. The van der Waals surface area contributed by atoms with Crippen LogP contribution in [-0.4, -0.2) is 29.4 Å². The lowest BCUT2D eigenvalue weighted by atomic mass is 9.97. The summed E-state index contributed by atoms with van der Waals surface area (Å²) >= 11 is 5.19. The first-order chi connectivity index (χ1) is 8.91. The molecule has 0 spiro atoms. The molecule has 2 rings (SSSR count). The molecule has 1 heterocycles. The molecule has 102 valence electrons. The second kappa shape index (κ2) is 5.21. The van der Waals surface area contributed by atoms with Crippen LogP contribution in [0.3, 0.4) is 0 Å². The number of anilines is 1. The molecule has 1 amide bonds. The largest absolute Gasteiger partial charge is 0.368 e. The van der Waals surface area contributed by atoms with Crippen molar-refractivity contribution in [3.8, 4) is 0 Å². The van der Waals surface area contributed by atoms with Crippen LogP contribution < -0.4 is 5.32 Å². The zero-order valence-electron chi connectivity index (χ0n) is 10.6. The smallest absolute Gasteiger partial charge is 0.234 e. The van der Waals surface area contributed by atoms with E-state index < -0.39 is 23.5 Å². The predicted octanol–water partition coefficient (Wildman–Crippen LogP) is 2.43. The Bertz CT molecular complexity index is 535. The number of carbonyl (C=O) groups excluding carboxylic acids is 1. The predicted molar refractivity (Wildman–Crippen MR) is 72.9 cm³/mol. The molecule has 0 bridgehead atoms. The summed E-state index contributed by atoms with van der Waals surface area (Å²) in [5.74, 6) is -2.87. The lowest BCUT2D eigenvalue weighted by Crippen LogP contribution is -2.31. The van der Waals surface area contributed by atoms with Crippen LogP contribution in [0.25, 0.3) is 0 Å². The van der Waals surface area contributed by atoms with E-state index in [1.807, 2.05) is 18.9 Å². The van der Waals surface area contributed by atoms with Crippen LogP contribution in [-0.2, 0) is 4.79 Å². The second-order valence-corrected chi connectivity index (χ2v) is 5.18. The molecule has 0 radical (unpaired) electrons. The number of nitrogens with zero attached hydrogens (tertiary/aromatic N) is 1. The van der Waals surface area contributed by atoms with E-state index in [9.17, 15) is 13.6 Å². The highest BCUT2D eigenvalue weighted by atomic mass is 32.1. The third-order valence-corrected chi connectivity index (χ3v) is 3.83. The summed E-state index contributed by atoms with van der Waals surface area (Å²) in [7, 11) is 1.81. The van der Waals surface area contributed by atoms with Gasteiger partial charge in [-0.3, -0.25) is 4.79 Å². The molecular formula is C13H14F2N2OS. The van der Waals surface area contributed by atoms with E-state index in [2.05, 4.69) is 5.32 Å². The van der Waals surface area contributed by atoms with Crippen LogP contribution in [0.4, 0.5) is 14.5 Å². The molecule has 1 aromatic carbocycles. The minimum atomic E-state index is -1.05. The van der Waals surface area contributed by atoms with Crippen molar-refractivity contribution in [2.75, 3.05) is 18.9 Å². The van der Waals surface area contributed by atoms with Crippen LogP contribution in [0.1, 0.15) is 6.92 Å². The van der Waals surface area contributed by atoms with Crippen molar-refractivity contribution in [1.29, 1.82) is 0 Å². The highest BCUT2D eigenvalue weighted by Crippen LogP contribution is 2.26. The van der Waals surface area contributed by atoms with Gasteiger partial charge in [0.1, 0.15) is 0 Å². The van der Waals surface area contributed by atoms with Crippen LogP contribution in [0.2, 0.25) is 0 Å². The molecule has 6 heteroatoms. The molecule has 19 heavy (non-hydrogen) atoms. The maximum atomic E-state index is 13.5. The standard InChI is InChI=1S/C13H14F2N2OS/c1-7-6-17(2)13(19)10(7)12(18)16-9-5-3-4-8(14)11(9)15/h3-5,7,10H,6H2,1-2H3,(H,16,18)/t7-,10-/m0/s1. The van der Waals surface area contributed by atoms with Crippen LogP contribution in [0.15, 0.2) is 18.2 Å². The number of thiocarbonyl (C=S) groups is 1. The number of carbonyl (C=O) groups is 1. The summed E-state index contributed by atoms with van der Waals surface area (Å²) in [6.45, 7) is 2.59. The lowest BCUT2D eigenvalue weighted by molar-refractivity contribution is -0.118. The summed E-state index contributed by atoms with van der Waals surface area (Å²) in [5.41, 5.74) is -0.158. The Labute approximate surface area is 115 Å². The van der Waals surface area contributed by atoms with E-state index >= 15 is 0 Å². The molecule has 0 aliphatic carbocycles. The molecule has 3 nitrogen and oxygen atoms in total. The molecular weight excluding hydrogens is 270 g/mol. The average molecular weight is 284 g/mol. The maximum Gasteiger partial charge on any atom is 0.234 e. The molecule has 1 aromatic rings. The molecule has 0 saturated carbocycles. The van der Waals surface area contributed by atoms with Gasteiger partial charge in [-0.15, -0.1) is 0 Å². The van der Waals surface area contributed by atoms with Crippen molar-refractivity contribution in [1.82, 2.24) is 4.90 Å². The first-order valence-corrected chi connectivity index (χ1v) is 6.32. The third kappa shape index (κ3) is 2.58. The highest BCUT2D eigenvalue weighted by Gasteiger charge is 2.38. The number of halogens is 2. The monoisotopic (exact) mass is 284 g/mol. The van der Waals surface area contributed by atoms with Gasteiger partial charge in [0.15, 0.2) is 11.6 Å². The maximum absolute atomic E-state index is 13.5. The Morgan fingerprint density at radius 3 is 2.74 bits per heavy atom. The summed E-state index contributed by atoms with van der Waals surface area (Å²) in [6.07, 6.45) is 0. The fraction of sp³-hybridized carbons (Fsp3) is 0.385. The second-order valence-electron chi connectivity index (χ2n) is 4.76. The molecule has 1 saturated heterocycles. The number of benzene rings is 1. The van der Waals surface area contributed by atoms with Crippen LogP contribution >= 0.6 is 12.2 Å². The zero-order chi connectivity index (χ0) is 14.2. The van der Waals surface area contributed by atoms with Gasteiger partial charge in [-0.2, -0.15) is 0 Å². The number of amides is 1.